The van der Waals surface area contributed by atoms with E-state index in [2.05, 4.69) is 9.97 Å². The number of aromatic nitrogens is 2. The first-order valence-electron chi connectivity index (χ1n) is 10.7. The van der Waals surface area contributed by atoms with Gasteiger partial charge in [-0.2, -0.15) is 0 Å². The number of benzene rings is 1. The van der Waals surface area contributed by atoms with Crippen molar-refractivity contribution in [2.24, 2.45) is 0 Å². The van der Waals surface area contributed by atoms with Crippen LogP contribution in [0.1, 0.15) is 41.0 Å². The normalized spacial score (nSPS) is 17.6. The van der Waals surface area contributed by atoms with Crippen molar-refractivity contribution in [1.29, 1.82) is 0 Å². The molecule has 164 valence electrons. The highest BCUT2D eigenvalue weighted by Gasteiger charge is 2.40. The molecule has 2 amide bonds. The summed E-state index contributed by atoms with van der Waals surface area (Å²) in [5, 5.41) is 0. The summed E-state index contributed by atoms with van der Waals surface area (Å²) in [6, 6.07) is 9.74. The van der Waals surface area contributed by atoms with Crippen molar-refractivity contribution >= 4 is 11.8 Å². The average Bonchev–Trinajstić information content (AvgIpc) is 3.25. The third-order valence-electron chi connectivity index (χ3n) is 5.79. The fourth-order valence-corrected chi connectivity index (χ4v) is 3.99. The lowest BCUT2D eigenvalue weighted by Gasteiger charge is -2.37. The van der Waals surface area contributed by atoms with E-state index < -0.39 is 5.79 Å². The van der Waals surface area contributed by atoms with E-state index in [9.17, 15) is 9.59 Å². The number of nitrogens with zero attached hydrogens (tertiary/aromatic N) is 4. The molecule has 0 bridgehead atoms. The summed E-state index contributed by atoms with van der Waals surface area (Å²) in [5.74, 6) is -0.695. The van der Waals surface area contributed by atoms with Crippen LogP contribution in [0, 0.1) is 6.92 Å². The Hall–Kier alpha value is -2.84. The summed E-state index contributed by atoms with van der Waals surface area (Å²) < 4.78 is 11.5. The molecule has 1 spiro atoms. The number of piperidine rings is 1. The maximum Gasteiger partial charge on any atom is 0.274 e. The molecule has 2 aliphatic rings. The van der Waals surface area contributed by atoms with Crippen LogP contribution in [0.25, 0.3) is 0 Å². The largest absolute Gasteiger partial charge is 0.347 e. The number of carbonyl (C=O) groups is 2. The van der Waals surface area contributed by atoms with E-state index in [1.165, 1.54) is 6.20 Å². The Kier molecular flexibility index (Phi) is 6.58. The maximum atomic E-state index is 13.1. The molecular weight excluding hydrogens is 396 g/mol. The number of carbonyl (C=O) groups excluding carboxylic acids is 2. The quantitative estimate of drug-likeness (QED) is 0.707. The van der Waals surface area contributed by atoms with E-state index in [0.29, 0.717) is 52.2 Å². The molecule has 0 aliphatic carbocycles. The van der Waals surface area contributed by atoms with E-state index >= 15 is 0 Å². The van der Waals surface area contributed by atoms with E-state index in [0.717, 1.165) is 11.3 Å². The van der Waals surface area contributed by atoms with Crippen LogP contribution < -0.4 is 0 Å². The van der Waals surface area contributed by atoms with E-state index in [1.807, 2.05) is 42.2 Å². The van der Waals surface area contributed by atoms with Crippen molar-refractivity contribution in [3.63, 3.8) is 0 Å². The number of likely N-dealkylation sites (tertiary alicyclic amines) is 1. The van der Waals surface area contributed by atoms with E-state index in [1.54, 1.807) is 11.1 Å². The summed E-state index contributed by atoms with van der Waals surface area (Å²) in [6.07, 6.45) is 4.69. The molecule has 2 saturated heterocycles. The second-order valence-corrected chi connectivity index (χ2v) is 7.99. The van der Waals surface area contributed by atoms with Crippen molar-refractivity contribution in [2.75, 3.05) is 32.8 Å². The average molecular weight is 425 g/mol. The lowest BCUT2D eigenvalue weighted by molar-refractivity contribution is -0.187. The van der Waals surface area contributed by atoms with Gasteiger partial charge >= 0.3 is 0 Å². The SMILES string of the molecule is Cc1cnc(C(=O)N(CCC(=O)N2CCC3(CC2)OCCO3)Cc2ccccc2)cn1. The van der Waals surface area contributed by atoms with Crippen LogP contribution in [0.3, 0.4) is 0 Å². The predicted molar refractivity (Wildman–Crippen MR) is 113 cm³/mol. The third kappa shape index (κ3) is 5.26. The highest BCUT2D eigenvalue weighted by Crippen LogP contribution is 2.31. The van der Waals surface area contributed by atoms with Gasteiger partial charge in [-0.05, 0) is 12.5 Å². The minimum absolute atomic E-state index is 0.0358. The molecule has 1 aromatic heterocycles. The molecule has 2 aromatic rings. The smallest absolute Gasteiger partial charge is 0.274 e. The van der Waals surface area contributed by atoms with Crippen molar-refractivity contribution in [2.45, 2.75) is 38.5 Å². The Bertz CT molecular complexity index is 888. The number of hydrogen-bond acceptors (Lipinski definition) is 6. The van der Waals surface area contributed by atoms with Gasteiger partial charge in [-0.25, -0.2) is 4.98 Å². The van der Waals surface area contributed by atoms with Gasteiger partial charge in [-0.15, -0.1) is 0 Å². The Morgan fingerprint density at radius 2 is 1.77 bits per heavy atom. The first-order chi connectivity index (χ1) is 15.0. The molecule has 2 aliphatic heterocycles. The summed E-state index contributed by atoms with van der Waals surface area (Å²) >= 11 is 0. The number of hydrogen-bond donors (Lipinski definition) is 0. The number of aryl methyl sites for hydroxylation is 1. The minimum atomic E-state index is -0.504. The fourth-order valence-electron chi connectivity index (χ4n) is 3.99. The third-order valence-corrected chi connectivity index (χ3v) is 5.79. The number of ether oxygens (including phenoxy) is 2. The Balaban J connectivity index is 1.39. The summed E-state index contributed by atoms with van der Waals surface area (Å²) in [7, 11) is 0. The van der Waals surface area contributed by atoms with Crippen LogP contribution in [0.2, 0.25) is 0 Å². The van der Waals surface area contributed by atoms with Crippen LogP contribution in [0.15, 0.2) is 42.7 Å². The van der Waals surface area contributed by atoms with Gasteiger partial charge in [-0.1, -0.05) is 30.3 Å². The molecule has 0 radical (unpaired) electrons. The molecule has 8 heteroatoms. The summed E-state index contributed by atoms with van der Waals surface area (Å²) in [4.78, 5) is 37.8. The maximum absolute atomic E-state index is 13.1. The molecule has 31 heavy (non-hydrogen) atoms. The molecule has 3 heterocycles. The van der Waals surface area contributed by atoms with Crippen molar-refractivity contribution < 1.29 is 19.1 Å². The summed E-state index contributed by atoms with van der Waals surface area (Å²) in [5.41, 5.74) is 2.03. The second-order valence-electron chi connectivity index (χ2n) is 7.99. The van der Waals surface area contributed by atoms with Gasteiger partial charge in [0.25, 0.3) is 5.91 Å². The minimum Gasteiger partial charge on any atom is -0.347 e. The van der Waals surface area contributed by atoms with Gasteiger partial charge in [0.2, 0.25) is 5.91 Å². The zero-order valence-corrected chi connectivity index (χ0v) is 17.8. The first kappa shape index (κ1) is 21.4. The zero-order valence-electron chi connectivity index (χ0n) is 17.8. The molecule has 2 fully saturated rings. The van der Waals surface area contributed by atoms with Gasteiger partial charge in [0.1, 0.15) is 5.69 Å². The Labute approximate surface area is 182 Å². The number of amides is 2. The fraction of sp³-hybridized carbons (Fsp3) is 0.478. The highest BCUT2D eigenvalue weighted by atomic mass is 16.7. The van der Waals surface area contributed by atoms with Gasteiger partial charge in [0.05, 0.1) is 25.1 Å². The molecule has 0 N–H and O–H groups in total. The predicted octanol–water partition coefficient (Wildman–Crippen LogP) is 2.18. The van der Waals surface area contributed by atoms with Crippen LogP contribution in [0.4, 0.5) is 0 Å². The summed E-state index contributed by atoms with van der Waals surface area (Å²) in [6.45, 7) is 5.00. The van der Waals surface area contributed by atoms with E-state index in [-0.39, 0.29) is 23.9 Å². The molecule has 0 atom stereocenters. The second kappa shape index (κ2) is 9.53. The van der Waals surface area contributed by atoms with Crippen LogP contribution >= 0.6 is 0 Å². The molecule has 0 saturated carbocycles. The lowest BCUT2D eigenvalue weighted by Crippen LogP contribution is -2.48. The standard InChI is InChI=1S/C23H28N4O4/c1-18-15-25-20(16-24-18)22(29)27(17-19-5-3-2-4-6-19)10-7-21(28)26-11-8-23(9-12-26)30-13-14-31-23/h2-6,15-16H,7-14,17H2,1H3. The van der Waals surface area contributed by atoms with Crippen LogP contribution in [-0.4, -0.2) is 70.2 Å². The van der Waals surface area contributed by atoms with Gasteiger partial charge in [0, 0.05) is 51.6 Å². The van der Waals surface area contributed by atoms with Crippen LogP contribution in [0.5, 0.6) is 0 Å². The molecule has 4 rings (SSSR count). The topological polar surface area (TPSA) is 84.9 Å². The molecule has 0 unspecified atom stereocenters. The van der Waals surface area contributed by atoms with Gasteiger partial charge in [0.15, 0.2) is 5.79 Å². The highest BCUT2D eigenvalue weighted by molar-refractivity contribution is 5.92. The van der Waals surface area contributed by atoms with E-state index in [4.69, 9.17) is 9.47 Å². The van der Waals surface area contributed by atoms with Crippen molar-refractivity contribution in [3.05, 3.63) is 59.7 Å². The van der Waals surface area contributed by atoms with Crippen molar-refractivity contribution in [3.8, 4) is 0 Å². The Morgan fingerprint density at radius 1 is 1.06 bits per heavy atom. The van der Waals surface area contributed by atoms with Gasteiger partial charge in [-0.3, -0.25) is 14.6 Å². The van der Waals surface area contributed by atoms with Crippen LogP contribution in [-0.2, 0) is 20.8 Å². The first-order valence-corrected chi connectivity index (χ1v) is 10.7. The Morgan fingerprint density at radius 3 is 2.42 bits per heavy atom. The van der Waals surface area contributed by atoms with Crippen molar-refractivity contribution in [1.82, 2.24) is 19.8 Å². The molecular formula is C23H28N4O4. The molecule has 8 nitrogen and oxygen atoms in total. The monoisotopic (exact) mass is 424 g/mol. The lowest BCUT2D eigenvalue weighted by atomic mass is 10.0. The zero-order chi connectivity index (χ0) is 21.7. The number of rotatable bonds is 6. The van der Waals surface area contributed by atoms with Gasteiger partial charge < -0.3 is 19.3 Å². The molecule has 1 aromatic carbocycles.